The van der Waals surface area contributed by atoms with Gasteiger partial charge in [-0.3, -0.25) is 0 Å². The summed E-state index contributed by atoms with van der Waals surface area (Å²) in [4.78, 5) is 12.0. The second-order valence-corrected chi connectivity index (χ2v) is 7.27. The van der Waals surface area contributed by atoms with Gasteiger partial charge in [0, 0.05) is 23.1 Å². The highest BCUT2D eigenvalue weighted by atomic mass is 19.1. The number of hydrogen-bond acceptors (Lipinski definition) is 3. The lowest BCUT2D eigenvalue weighted by atomic mass is 9.76. The summed E-state index contributed by atoms with van der Waals surface area (Å²) < 4.78 is 38.3. The average molecular weight is 370 g/mol. The Hall–Kier alpha value is -2.69. The van der Waals surface area contributed by atoms with Crippen molar-refractivity contribution in [2.75, 3.05) is 0 Å². The number of aryl methyl sites for hydroxylation is 1. The predicted octanol–water partition coefficient (Wildman–Crippen LogP) is 4.88. The summed E-state index contributed by atoms with van der Waals surface area (Å²) in [6, 6.07) is 5.28. The lowest BCUT2D eigenvalue weighted by Gasteiger charge is -2.30. The van der Waals surface area contributed by atoms with Crippen LogP contribution >= 0.6 is 0 Å². The fourth-order valence-electron chi connectivity index (χ4n) is 4.18. The van der Waals surface area contributed by atoms with Crippen molar-refractivity contribution in [1.82, 2.24) is 0 Å². The minimum absolute atomic E-state index is 0.00401. The van der Waals surface area contributed by atoms with E-state index >= 15 is 0 Å². The second kappa shape index (κ2) is 6.48. The molecular formula is C22H20F2O3. The number of halogens is 2. The molecule has 2 aromatic carbocycles. The highest BCUT2D eigenvalue weighted by Gasteiger charge is 2.44. The maximum atomic E-state index is 13.4. The smallest absolute Gasteiger partial charge is 0.334 e. The molecule has 1 saturated heterocycles. The number of benzene rings is 2. The Morgan fingerprint density at radius 3 is 2.59 bits per heavy atom. The van der Waals surface area contributed by atoms with E-state index in [1.54, 1.807) is 0 Å². The zero-order valence-electron chi connectivity index (χ0n) is 15.3. The molecule has 3 nitrogen and oxygen atoms in total. The molecule has 4 rings (SSSR count). The summed E-state index contributed by atoms with van der Waals surface area (Å²) in [5.41, 5.74) is 5.07. The highest BCUT2D eigenvalue weighted by molar-refractivity contribution is 5.91. The summed E-state index contributed by atoms with van der Waals surface area (Å²) in [5, 5.41) is 0. The SMILES string of the molecule is C=C1C(=O)O[C@H]2c3c(C)c(OCc4cc(F)cc(F)c4)cc(C)c3CC[C@@H]12. The van der Waals surface area contributed by atoms with Crippen molar-refractivity contribution < 1.29 is 23.0 Å². The van der Waals surface area contributed by atoms with Gasteiger partial charge in [-0.25, -0.2) is 13.6 Å². The second-order valence-electron chi connectivity index (χ2n) is 7.27. The minimum atomic E-state index is -0.633. The minimum Gasteiger partial charge on any atom is -0.489 e. The van der Waals surface area contributed by atoms with E-state index in [-0.39, 0.29) is 24.6 Å². The van der Waals surface area contributed by atoms with Gasteiger partial charge in [-0.15, -0.1) is 0 Å². The van der Waals surface area contributed by atoms with Crippen LogP contribution in [0.5, 0.6) is 5.75 Å². The van der Waals surface area contributed by atoms with Crippen LogP contribution in [0.4, 0.5) is 8.78 Å². The number of carbonyl (C=O) groups is 1. The zero-order valence-corrected chi connectivity index (χ0v) is 15.3. The Bertz CT molecular complexity index is 944. The summed E-state index contributed by atoms with van der Waals surface area (Å²) in [7, 11) is 0. The maximum absolute atomic E-state index is 13.4. The van der Waals surface area contributed by atoms with E-state index in [1.807, 2.05) is 19.9 Å². The molecule has 0 aromatic heterocycles. The fourth-order valence-corrected chi connectivity index (χ4v) is 4.18. The van der Waals surface area contributed by atoms with Crippen molar-refractivity contribution >= 4 is 5.97 Å². The van der Waals surface area contributed by atoms with Crippen LogP contribution in [0.15, 0.2) is 36.4 Å². The van der Waals surface area contributed by atoms with Gasteiger partial charge in [0.1, 0.15) is 30.1 Å². The molecule has 0 unspecified atom stereocenters. The highest BCUT2D eigenvalue weighted by Crippen LogP contribution is 2.49. The molecule has 1 heterocycles. The van der Waals surface area contributed by atoms with Crippen LogP contribution < -0.4 is 4.74 Å². The van der Waals surface area contributed by atoms with Crippen molar-refractivity contribution in [3.05, 3.63) is 75.9 Å². The first-order valence-corrected chi connectivity index (χ1v) is 8.95. The molecule has 0 radical (unpaired) electrons. The molecule has 2 atom stereocenters. The van der Waals surface area contributed by atoms with E-state index in [4.69, 9.17) is 9.47 Å². The monoisotopic (exact) mass is 370 g/mol. The van der Waals surface area contributed by atoms with Crippen molar-refractivity contribution in [2.45, 2.75) is 39.4 Å². The topological polar surface area (TPSA) is 35.5 Å². The Morgan fingerprint density at radius 1 is 1.19 bits per heavy atom. The Morgan fingerprint density at radius 2 is 1.89 bits per heavy atom. The Labute approximate surface area is 156 Å². The lowest BCUT2D eigenvalue weighted by molar-refractivity contribution is -0.139. The van der Waals surface area contributed by atoms with E-state index in [1.165, 1.54) is 17.7 Å². The molecule has 1 aliphatic carbocycles. The first kappa shape index (κ1) is 17.7. The van der Waals surface area contributed by atoms with Crippen LogP contribution in [-0.4, -0.2) is 5.97 Å². The van der Waals surface area contributed by atoms with Crippen LogP contribution in [0.25, 0.3) is 0 Å². The number of rotatable bonds is 3. The molecule has 1 aliphatic heterocycles. The van der Waals surface area contributed by atoms with E-state index in [0.29, 0.717) is 16.9 Å². The molecular weight excluding hydrogens is 350 g/mol. The van der Waals surface area contributed by atoms with Crippen LogP contribution in [-0.2, 0) is 22.6 Å². The first-order valence-electron chi connectivity index (χ1n) is 8.95. The molecule has 1 fully saturated rings. The van der Waals surface area contributed by atoms with Gasteiger partial charge in [0.25, 0.3) is 0 Å². The zero-order chi connectivity index (χ0) is 19.3. The molecule has 27 heavy (non-hydrogen) atoms. The van der Waals surface area contributed by atoms with Gasteiger partial charge in [0.05, 0.1) is 0 Å². The average Bonchev–Trinajstić information content (AvgIpc) is 2.90. The van der Waals surface area contributed by atoms with Gasteiger partial charge in [0.15, 0.2) is 0 Å². The third-order valence-corrected chi connectivity index (χ3v) is 5.54. The summed E-state index contributed by atoms with van der Waals surface area (Å²) >= 11 is 0. The summed E-state index contributed by atoms with van der Waals surface area (Å²) in [5.74, 6) is -0.977. The Balaban J connectivity index is 1.68. The maximum Gasteiger partial charge on any atom is 0.334 e. The number of ether oxygens (including phenoxy) is 2. The van der Waals surface area contributed by atoms with Crippen molar-refractivity contribution in [1.29, 1.82) is 0 Å². The molecule has 2 aromatic rings. The van der Waals surface area contributed by atoms with Crippen LogP contribution in [0.3, 0.4) is 0 Å². The van der Waals surface area contributed by atoms with Gasteiger partial charge in [-0.2, -0.15) is 0 Å². The summed E-state index contributed by atoms with van der Waals surface area (Å²) in [6.45, 7) is 7.86. The van der Waals surface area contributed by atoms with Gasteiger partial charge in [-0.05, 0) is 67.1 Å². The number of carbonyl (C=O) groups excluding carboxylic acids is 1. The lowest BCUT2D eigenvalue weighted by Crippen LogP contribution is -2.20. The first-order chi connectivity index (χ1) is 12.8. The van der Waals surface area contributed by atoms with E-state index in [0.717, 1.165) is 35.6 Å². The normalized spacial score (nSPS) is 20.9. The fraction of sp³-hybridized carbons (Fsp3) is 0.318. The van der Waals surface area contributed by atoms with Crippen molar-refractivity contribution in [3.8, 4) is 5.75 Å². The quantitative estimate of drug-likeness (QED) is 0.571. The summed E-state index contributed by atoms with van der Waals surface area (Å²) in [6.07, 6.45) is 1.36. The largest absolute Gasteiger partial charge is 0.489 e. The molecule has 0 spiro atoms. The van der Waals surface area contributed by atoms with Crippen LogP contribution in [0.2, 0.25) is 0 Å². The van der Waals surface area contributed by atoms with Gasteiger partial charge in [0.2, 0.25) is 0 Å². The Kier molecular flexibility index (Phi) is 4.25. The molecule has 5 heteroatoms. The molecule has 2 aliphatic rings. The van der Waals surface area contributed by atoms with E-state index in [2.05, 4.69) is 6.58 Å². The third-order valence-electron chi connectivity index (χ3n) is 5.54. The predicted molar refractivity (Wildman–Crippen MR) is 96.4 cm³/mol. The number of esters is 1. The third kappa shape index (κ3) is 3.01. The van der Waals surface area contributed by atoms with Crippen LogP contribution in [0, 0.1) is 31.4 Å². The molecule has 0 bridgehead atoms. The molecule has 0 amide bonds. The van der Waals surface area contributed by atoms with Crippen molar-refractivity contribution in [3.63, 3.8) is 0 Å². The standard InChI is InChI=1S/C22H20F2O3/c1-11-6-19(26-10-14-7-15(23)9-16(24)8-14)13(3)20-17(11)4-5-18-12(2)22(25)27-21(18)20/h6-9,18,21H,2,4-5,10H2,1,3H3/t18-,21+/m0/s1. The number of fused-ring (bicyclic) bond motifs is 3. The van der Waals surface area contributed by atoms with Gasteiger partial charge in [-0.1, -0.05) is 6.58 Å². The van der Waals surface area contributed by atoms with Gasteiger partial charge >= 0.3 is 5.97 Å². The van der Waals surface area contributed by atoms with Gasteiger partial charge < -0.3 is 9.47 Å². The van der Waals surface area contributed by atoms with Crippen molar-refractivity contribution in [2.24, 2.45) is 5.92 Å². The number of hydrogen-bond donors (Lipinski definition) is 0. The van der Waals surface area contributed by atoms with Crippen LogP contribution in [0.1, 0.15) is 40.3 Å². The van der Waals surface area contributed by atoms with E-state index < -0.39 is 11.6 Å². The van der Waals surface area contributed by atoms with E-state index in [9.17, 15) is 13.6 Å². The molecule has 0 saturated carbocycles. The molecule has 0 N–H and O–H groups in total. The molecule has 140 valence electrons.